The van der Waals surface area contributed by atoms with Crippen LogP contribution in [0.4, 0.5) is 0 Å². The number of para-hydroxylation sites is 1. The number of nitrogens with two attached hydrogens (primary N) is 1. The van der Waals surface area contributed by atoms with Crippen molar-refractivity contribution in [3.8, 4) is 0 Å². The summed E-state index contributed by atoms with van der Waals surface area (Å²) in [4.78, 5) is 15.1. The van der Waals surface area contributed by atoms with E-state index >= 15 is 0 Å². The van der Waals surface area contributed by atoms with E-state index in [-0.39, 0.29) is 5.91 Å². The summed E-state index contributed by atoms with van der Waals surface area (Å²) < 4.78 is 0. The van der Waals surface area contributed by atoms with Crippen molar-refractivity contribution in [2.75, 3.05) is 0 Å². The predicted octanol–water partition coefficient (Wildman–Crippen LogP) is 3.06. The third kappa shape index (κ3) is 2.94. The molecule has 4 nitrogen and oxygen atoms in total. The number of carbonyl (C=O) groups excluding carboxylic acids is 1. The number of hydrazine groups is 1. The van der Waals surface area contributed by atoms with Crippen LogP contribution in [0.2, 0.25) is 0 Å². The number of aromatic nitrogens is 1. The van der Waals surface area contributed by atoms with Crippen LogP contribution < -0.4 is 11.3 Å². The summed E-state index contributed by atoms with van der Waals surface area (Å²) in [5.41, 5.74) is 4.88. The van der Waals surface area contributed by atoms with E-state index in [2.05, 4.69) is 28.6 Å². The molecule has 0 atom stereocenters. The maximum Gasteiger partial charge on any atom is 0.265 e. The maximum atomic E-state index is 11.7. The Balaban J connectivity index is 1.80. The van der Waals surface area contributed by atoms with Gasteiger partial charge in [0.25, 0.3) is 5.91 Å². The fourth-order valence-corrected chi connectivity index (χ4v) is 3.18. The van der Waals surface area contributed by atoms with E-state index in [1.54, 1.807) is 17.8 Å². The van der Waals surface area contributed by atoms with Crippen LogP contribution in [0, 0.1) is 0 Å². The number of hydrogen-bond donors (Lipinski definition) is 3. The first-order valence-corrected chi connectivity index (χ1v) is 7.56. The Hall–Kier alpha value is -2.24. The van der Waals surface area contributed by atoms with Gasteiger partial charge in [0.2, 0.25) is 0 Å². The average Bonchev–Trinajstić information content (AvgIpc) is 2.95. The molecule has 3 aromatic rings. The number of H-pyrrole nitrogens is 1. The minimum Gasteiger partial charge on any atom is -0.350 e. The van der Waals surface area contributed by atoms with Crippen LogP contribution in [0.1, 0.15) is 15.9 Å². The number of aromatic amines is 1. The Kier molecular flexibility index (Phi) is 3.94. The first-order chi connectivity index (χ1) is 10.3. The molecular formula is C16H15N3OS. The van der Waals surface area contributed by atoms with E-state index < -0.39 is 0 Å². The van der Waals surface area contributed by atoms with Gasteiger partial charge in [0.05, 0.1) is 5.03 Å². The normalized spacial score (nSPS) is 10.7. The number of fused-ring (bicyclic) bond motifs is 1. The van der Waals surface area contributed by atoms with Gasteiger partial charge in [-0.3, -0.25) is 10.2 Å². The number of amides is 1. The summed E-state index contributed by atoms with van der Waals surface area (Å²) in [5.74, 6) is 5.66. The van der Waals surface area contributed by atoms with E-state index in [1.807, 2.05) is 30.3 Å². The quantitative estimate of drug-likeness (QED) is 0.300. The Morgan fingerprint density at radius 3 is 2.71 bits per heavy atom. The van der Waals surface area contributed by atoms with Crippen molar-refractivity contribution in [1.29, 1.82) is 0 Å². The lowest BCUT2D eigenvalue weighted by Gasteiger charge is -2.07. The van der Waals surface area contributed by atoms with E-state index in [4.69, 9.17) is 5.84 Å². The Morgan fingerprint density at radius 1 is 1.14 bits per heavy atom. The minimum atomic E-state index is -0.261. The molecule has 0 fully saturated rings. The summed E-state index contributed by atoms with van der Waals surface area (Å²) in [6.07, 6.45) is 0. The van der Waals surface area contributed by atoms with Gasteiger partial charge in [0.1, 0.15) is 0 Å². The molecular weight excluding hydrogens is 282 g/mol. The molecule has 0 aliphatic rings. The van der Waals surface area contributed by atoms with Gasteiger partial charge in [-0.15, -0.1) is 11.8 Å². The van der Waals surface area contributed by atoms with Gasteiger partial charge in [-0.05, 0) is 23.8 Å². The highest BCUT2D eigenvalue weighted by Crippen LogP contribution is 2.27. The van der Waals surface area contributed by atoms with Gasteiger partial charge in [-0.1, -0.05) is 36.4 Å². The highest BCUT2D eigenvalue weighted by atomic mass is 32.2. The van der Waals surface area contributed by atoms with Crippen LogP contribution in [-0.4, -0.2) is 10.9 Å². The second kappa shape index (κ2) is 6.03. The number of hydrogen-bond acceptors (Lipinski definition) is 3. The molecule has 0 aliphatic carbocycles. The molecule has 0 bridgehead atoms. The molecule has 1 heterocycles. The lowest BCUT2D eigenvalue weighted by Crippen LogP contribution is -2.30. The van der Waals surface area contributed by atoms with Crippen molar-refractivity contribution >= 4 is 28.6 Å². The van der Waals surface area contributed by atoms with E-state index in [1.165, 1.54) is 5.39 Å². The molecule has 0 saturated carbocycles. The number of thioether (sulfide) groups is 1. The van der Waals surface area contributed by atoms with Crippen LogP contribution >= 0.6 is 11.8 Å². The molecule has 0 saturated heterocycles. The van der Waals surface area contributed by atoms with Gasteiger partial charge >= 0.3 is 0 Å². The van der Waals surface area contributed by atoms with Gasteiger partial charge < -0.3 is 4.98 Å². The molecule has 1 aromatic heterocycles. The second-order valence-electron chi connectivity index (χ2n) is 4.64. The summed E-state index contributed by atoms with van der Waals surface area (Å²) in [5, 5.41) is 2.27. The number of benzene rings is 2. The maximum absolute atomic E-state index is 11.7. The molecule has 106 valence electrons. The minimum absolute atomic E-state index is 0.261. The molecule has 0 unspecified atom stereocenters. The Morgan fingerprint density at radius 2 is 1.90 bits per heavy atom. The molecule has 0 spiro atoms. The van der Waals surface area contributed by atoms with Gasteiger partial charge in [-0.2, -0.15) is 0 Å². The highest BCUT2D eigenvalue weighted by Gasteiger charge is 2.10. The van der Waals surface area contributed by atoms with E-state index in [0.717, 1.165) is 16.1 Å². The summed E-state index contributed by atoms with van der Waals surface area (Å²) in [7, 11) is 0. The lowest BCUT2D eigenvalue weighted by atomic mass is 10.1. The zero-order chi connectivity index (χ0) is 14.7. The molecule has 4 N–H and O–H groups in total. The van der Waals surface area contributed by atoms with Crippen LogP contribution in [-0.2, 0) is 5.75 Å². The van der Waals surface area contributed by atoms with Crippen molar-refractivity contribution in [3.63, 3.8) is 0 Å². The lowest BCUT2D eigenvalue weighted by molar-refractivity contribution is 0.0953. The molecule has 3 rings (SSSR count). The van der Waals surface area contributed by atoms with Gasteiger partial charge in [-0.25, -0.2) is 5.84 Å². The Bertz CT molecular complexity index is 749. The third-order valence-corrected chi connectivity index (χ3v) is 4.27. The highest BCUT2D eigenvalue weighted by molar-refractivity contribution is 7.98. The molecule has 0 aliphatic heterocycles. The largest absolute Gasteiger partial charge is 0.350 e. The van der Waals surface area contributed by atoms with Crippen LogP contribution in [0.15, 0.2) is 59.6 Å². The zero-order valence-corrected chi connectivity index (χ0v) is 12.1. The van der Waals surface area contributed by atoms with E-state index in [0.29, 0.717) is 11.3 Å². The SMILES string of the molecule is NNC(=O)c1ccccc1CSc1cc2ccccc2[nH]1. The van der Waals surface area contributed by atoms with Crippen molar-refractivity contribution in [3.05, 3.63) is 65.7 Å². The molecule has 0 radical (unpaired) electrons. The zero-order valence-electron chi connectivity index (χ0n) is 11.3. The van der Waals surface area contributed by atoms with Crippen LogP contribution in [0.25, 0.3) is 10.9 Å². The van der Waals surface area contributed by atoms with Crippen molar-refractivity contribution in [2.45, 2.75) is 10.8 Å². The third-order valence-electron chi connectivity index (χ3n) is 3.28. The second-order valence-corrected chi connectivity index (χ2v) is 5.66. The molecule has 21 heavy (non-hydrogen) atoms. The topological polar surface area (TPSA) is 70.9 Å². The average molecular weight is 297 g/mol. The Labute approximate surface area is 126 Å². The molecule has 1 amide bonds. The fraction of sp³-hybridized carbons (Fsp3) is 0.0625. The van der Waals surface area contributed by atoms with Crippen molar-refractivity contribution < 1.29 is 4.79 Å². The molecule has 5 heteroatoms. The fourth-order valence-electron chi connectivity index (χ4n) is 2.23. The monoisotopic (exact) mass is 297 g/mol. The number of nitrogen functional groups attached to an aromatic ring is 1. The van der Waals surface area contributed by atoms with Crippen LogP contribution in [0.5, 0.6) is 0 Å². The first-order valence-electron chi connectivity index (χ1n) is 6.57. The van der Waals surface area contributed by atoms with Crippen LogP contribution in [0.3, 0.4) is 0 Å². The van der Waals surface area contributed by atoms with Gasteiger partial charge in [0.15, 0.2) is 0 Å². The standard InChI is InChI=1S/C16H15N3OS/c17-19-16(20)13-7-3-1-6-12(13)10-21-15-9-11-5-2-4-8-14(11)18-15/h1-9,18H,10,17H2,(H,19,20). The number of nitrogens with one attached hydrogen (secondary N) is 2. The summed E-state index contributed by atoms with van der Waals surface area (Å²) >= 11 is 1.66. The number of carbonyl (C=O) groups is 1. The predicted molar refractivity (Wildman–Crippen MR) is 86.0 cm³/mol. The smallest absolute Gasteiger partial charge is 0.265 e. The molecule has 2 aromatic carbocycles. The summed E-state index contributed by atoms with van der Waals surface area (Å²) in [6, 6.07) is 17.8. The van der Waals surface area contributed by atoms with Crippen molar-refractivity contribution in [1.82, 2.24) is 10.4 Å². The van der Waals surface area contributed by atoms with E-state index in [9.17, 15) is 4.79 Å². The van der Waals surface area contributed by atoms with Crippen molar-refractivity contribution in [2.24, 2.45) is 5.84 Å². The first kappa shape index (κ1) is 13.7. The summed E-state index contributed by atoms with van der Waals surface area (Å²) in [6.45, 7) is 0. The number of rotatable bonds is 4. The van der Waals surface area contributed by atoms with Gasteiger partial charge in [0, 0.05) is 22.2 Å².